The Morgan fingerprint density at radius 3 is 2.77 bits per heavy atom. The van der Waals surface area contributed by atoms with E-state index in [1.54, 1.807) is 5.56 Å². The lowest BCUT2D eigenvalue weighted by molar-refractivity contribution is 0.282. The van der Waals surface area contributed by atoms with Gasteiger partial charge in [0, 0.05) is 19.1 Å². The number of hydrogen-bond donors (Lipinski definition) is 2. The topological polar surface area (TPSA) is 41.5 Å². The van der Waals surface area contributed by atoms with Gasteiger partial charge in [0.05, 0.1) is 6.61 Å². The first-order valence-electron chi connectivity index (χ1n) is 8.48. The third kappa shape index (κ3) is 4.37. The summed E-state index contributed by atoms with van der Waals surface area (Å²) >= 11 is 0. The van der Waals surface area contributed by atoms with E-state index in [1.807, 2.05) is 0 Å². The van der Waals surface area contributed by atoms with Crippen LogP contribution in [0.2, 0.25) is 0 Å². The Kier molecular flexibility index (Phi) is 7.00. The van der Waals surface area contributed by atoms with E-state index in [2.05, 4.69) is 17.4 Å². The van der Waals surface area contributed by atoms with Crippen molar-refractivity contribution in [3.05, 3.63) is 28.8 Å². The summed E-state index contributed by atoms with van der Waals surface area (Å²) in [6, 6.07) is 5.28. The second-order valence-corrected chi connectivity index (χ2v) is 6.36. The van der Waals surface area contributed by atoms with Crippen LogP contribution in [0.3, 0.4) is 0 Å². The molecule has 2 aliphatic rings. The van der Waals surface area contributed by atoms with E-state index in [9.17, 15) is 0 Å². The van der Waals surface area contributed by atoms with Crippen molar-refractivity contribution >= 4 is 12.4 Å². The predicted molar refractivity (Wildman–Crippen MR) is 92.3 cm³/mol. The summed E-state index contributed by atoms with van der Waals surface area (Å²) < 4.78 is 5.69. The van der Waals surface area contributed by atoms with Gasteiger partial charge in [-0.2, -0.15) is 0 Å². The molecule has 0 fully saturated rings. The van der Waals surface area contributed by atoms with Crippen LogP contribution in [0, 0.1) is 0 Å². The van der Waals surface area contributed by atoms with Gasteiger partial charge in [0.15, 0.2) is 0 Å². The molecule has 0 bridgehead atoms. The summed E-state index contributed by atoms with van der Waals surface area (Å²) in [5.74, 6) is 1.12. The van der Waals surface area contributed by atoms with Crippen molar-refractivity contribution in [1.29, 1.82) is 0 Å². The normalized spacial score (nSPS) is 19.0. The number of rotatable bonds is 7. The molecule has 4 heteroatoms. The molecule has 1 atom stereocenters. The minimum atomic E-state index is 0. The number of aryl methyl sites for hydroxylation is 1. The fourth-order valence-electron chi connectivity index (χ4n) is 3.51. The summed E-state index contributed by atoms with van der Waals surface area (Å²) in [7, 11) is 0. The van der Waals surface area contributed by atoms with Crippen LogP contribution in [0.15, 0.2) is 12.1 Å². The summed E-state index contributed by atoms with van der Waals surface area (Å²) in [6.45, 7) is 2.29. The molecule has 0 aromatic heterocycles. The van der Waals surface area contributed by atoms with Crippen LogP contribution < -0.4 is 10.1 Å². The first kappa shape index (κ1) is 17.6. The van der Waals surface area contributed by atoms with E-state index in [0.29, 0.717) is 12.6 Å². The maximum absolute atomic E-state index is 8.76. The average molecular weight is 326 g/mol. The smallest absolute Gasteiger partial charge is 0.122 e. The van der Waals surface area contributed by atoms with Gasteiger partial charge >= 0.3 is 0 Å². The highest BCUT2D eigenvalue weighted by atomic mass is 35.5. The number of ether oxygens (including phenoxy) is 1. The molecule has 0 radical (unpaired) electrons. The van der Waals surface area contributed by atoms with Gasteiger partial charge in [-0.15, -0.1) is 12.4 Å². The zero-order chi connectivity index (χ0) is 14.5. The van der Waals surface area contributed by atoms with Gasteiger partial charge in [-0.3, -0.25) is 0 Å². The van der Waals surface area contributed by atoms with E-state index < -0.39 is 0 Å². The lowest BCUT2D eigenvalue weighted by Crippen LogP contribution is -2.35. The third-order valence-corrected chi connectivity index (χ3v) is 4.76. The highest BCUT2D eigenvalue weighted by Gasteiger charge is 2.22. The molecule has 2 N–H and O–H groups in total. The number of nitrogens with one attached hydrogen (secondary N) is 1. The minimum absolute atomic E-state index is 0. The Morgan fingerprint density at radius 1 is 1.05 bits per heavy atom. The molecule has 0 saturated heterocycles. The second-order valence-electron chi connectivity index (χ2n) is 6.36. The van der Waals surface area contributed by atoms with E-state index in [0.717, 1.165) is 44.6 Å². The van der Waals surface area contributed by atoms with Gasteiger partial charge in [0.25, 0.3) is 0 Å². The molecular formula is C18H28ClNO2. The van der Waals surface area contributed by atoms with Crippen molar-refractivity contribution in [2.24, 2.45) is 0 Å². The van der Waals surface area contributed by atoms with Crippen LogP contribution in [-0.2, 0) is 19.3 Å². The fraction of sp³-hybridized carbons (Fsp3) is 0.667. The molecule has 1 unspecified atom stereocenters. The van der Waals surface area contributed by atoms with Crippen LogP contribution in [0.4, 0.5) is 0 Å². The lowest BCUT2D eigenvalue weighted by atomic mass is 9.86. The highest BCUT2D eigenvalue weighted by Crippen LogP contribution is 2.32. The second kappa shape index (κ2) is 8.76. The van der Waals surface area contributed by atoms with E-state index in [4.69, 9.17) is 9.84 Å². The Morgan fingerprint density at radius 2 is 1.91 bits per heavy atom. The number of hydrogen-bond acceptors (Lipinski definition) is 3. The molecule has 1 aliphatic heterocycles. The third-order valence-electron chi connectivity index (χ3n) is 4.76. The van der Waals surface area contributed by atoms with Crippen molar-refractivity contribution in [2.75, 3.05) is 19.8 Å². The van der Waals surface area contributed by atoms with Crippen LogP contribution in [0.5, 0.6) is 5.75 Å². The average Bonchev–Trinajstić information content (AvgIpc) is 2.95. The number of benzene rings is 1. The molecular weight excluding hydrogens is 298 g/mol. The van der Waals surface area contributed by atoms with Crippen LogP contribution in [0.25, 0.3) is 0 Å². The monoisotopic (exact) mass is 325 g/mol. The molecule has 1 aromatic carbocycles. The summed E-state index contributed by atoms with van der Waals surface area (Å²) in [6.07, 6.45) is 9.21. The minimum Gasteiger partial charge on any atom is -0.493 e. The number of aliphatic hydroxyl groups is 1. The van der Waals surface area contributed by atoms with Gasteiger partial charge < -0.3 is 15.2 Å². The molecule has 0 amide bonds. The van der Waals surface area contributed by atoms with Gasteiger partial charge in [0.2, 0.25) is 0 Å². The summed E-state index contributed by atoms with van der Waals surface area (Å²) in [4.78, 5) is 0. The van der Waals surface area contributed by atoms with Crippen molar-refractivity contribution in [2.45, 2.75) is 57.4 Å². The SMILES string of the molecule is Cl.OCCCCCCNC1CCc2cc3c(cc2C1)OCC3. The van der Waals surface area contributed by atoms with Crippen LogP contribution >= 0.6 is 12.4 Å². The standard InChI is InChI=1S/C18H27NO2.ClH/c20-9-4-2-1-3-8-19-17-6-5-14-11-15-7-10-21-18(15)13-16(14)12-17;/h11,13,17,19-20H,1-10,12H2;1H. The maximum Gasteiger partial charge on any atom is 0.122 e. The molecule has 1 aromatic rings. The zero-order valence-corrected chi connectivity index (χ0v) is 14.1. The number of unbranched alkanes of at least 4 members (excludes halogenated alkanes) is 3. The Labute approximate surface area is 139 Å². The molecule has 1 heterocycles. The summed E-state index contributed by atoms with van der Waals surface area (Å²) in [5, 5.41) is 12.5. The predicted octanol–water partition coefficient (Wildman–Crippen LogP) is 3.04. The maximum atomic E-state index is 8.76. The van der Waals surface area contributed by atoms with Crippen molar-refractivity contribution in [3.63, 3.8) is 0 Å². The summed E-state index contributed by atoms with van der Waals surface area (Å²) in [5.41, 5.74) is 4.43. The molecule has 3 rings (SSSR count). The van der Waals surface area contributed by atoms with Crippen LogP contribution in [0.1, 0.15) is 48.8 Å². The van der Waals surface area contributed by atoms with Crippen molar-refractivity contribution < 1.29 is 9.84 Å². The molecule has 124 valence electrons. The van der Waals surface area contributed by atoms with Crippen LogP contribution in [-0.4, -0.2) is 30.9 Å². The van der Waals surface area contributed by atoms with E-state index in [-0.39, 0.29) is 12.4 Å². The molecule has 0 saturated carbocycles. The number of aliphatic hydroxyl groups excluding tert-OH is 1. The van der Waals surface area contributed by atoms with E-state index >= 15 is 0 Å². The van der Waals surface area contributed by atoms with Gasteiger partial charge in [-0.1, -0.05) is 18.9 Å². The van der Waals surface area contributed by atoms with Crippen molar-refractivity contribution in [1.82, 2.24) is 5.32 Å². The van der Waals surface area contributed by atoms with E-state index in [1.165, 1.54) is 36.8 Å². The quantitative estimate of drug-likeness (QED) is 0.757. The lowest BCUT2D eigenvalue weighted by Gasteiger charge is -2.26. The number of halogens is 1. The zero-order valence-electron chi connectivity index (χ0n) is 13.3. The fourth-order valence-corrected chi connectivity index (χ4v) is 3.51. The molecule has 1 aliphatic carbocycles. The van der Waals surface area contributed by atoms with Gasteiger partial charge in [-0.25, -0.2) is 0 Å². The molecule has 22 heavy (non-hydrogen) atoms. The Bertz CT molecular complexity index is 478. The highest BCUT2D eigenvalue weighted by molar-refractivity contribution is 5.85. The Hall–Kier alpha value is -0.770. The first-order chi connectivity index (χ1) is 10.4. The molecule has 3 nitrogen and oxygen atoms in total. The van der Waals surface area contributed by atoms with Crippen molar-refractivity contribution in [3.8, 4) is 5.75 Å². The largest absolute Gasteiger partial charge is 0.493 e. The first-order valence-corrected chi connectivity index (χ1v) is 8.48. The van der Waals surface area contributed by atoms with Gasteiger partial charge in [0.1, 0.15) is 5.75 Å². The number of fused-ring (bicyclic) bond motifs is 2. The molecule has 0 spiro atoms. The van der Waals surface area contributed by atoms with Gasteiger partial charge in [-0.05, 0) is 61.4 Å². The Balaban J connectivity index is 0.00000176.